The summed E-state index contributed by atoms with van der Waals surface area (Å²) in [5.41, 5.74) is 3.06. The molecule has 3 aromatic rings. The predicted octanol–water partition coefficient (Wildman–Crippen LogP) is 5.66. The first kappa shape index (κ1) is 24.4. The van der Waals surface area contributed by atoms with Gasteiger partial charge in [0.25, 0.3) is 0 Å². The van der Waals surface area contributed by atoms with Gasteiger partial charge in [0.15, 0.2) is 11.0 Å². The Kier molecular flexibility index (Phi) is 8.34. The molecular weight excluding hydrogens is 470 g/mol. The summed E-state index contributed by atoms with van der Waals surface area (Å²) in [6.07, 6.45) is 5.66. The third-order valence-corrected chi connectivity index (χ3v) is 7.20. The Labute approximate surface area is 209 Å². The molecule has 0 bridgehead atoms. The van der Waals surface area contributed by atoms with Crippen molar-refractivity contribution in [1.29, 1.82) is 0 Å². The average molecular weight is 500 g/mol. The molecule has 2 aromatic carbocycles. The molecule has 1 aliphatic rings. The minimum Gasteiger partial charge on any atom is -0.497 e. The first-order valence-corrected chi connectivity index (χ1v) is 12.9. The molecule has 7 nitrogen and oxygen atoms in total. The third kappa shape index (κ3) is 6.24. The molecule has 180 valence electrons. The Morgan fingerprint density at radius 2 is 2.00 bits per heavy atom. The van der Waals surface area contributed by atoms with E-state index in [4.69, 9.17) is 16.3 Å². The molecule has 1 fully saturated rings. The summed E-state index contributed by atoms with van der Waals surface area (Å²) >= 11 is 7.90. The molecule has 1 saturated carbocycles. The van der Waals surface area contributed by atoms with Crippen molar-refractivity contribution in [3.8, 4) is 11.4 Å². The SMILES string of the molecule is COc1cccc(CSc2nnc(CNC(=O)NC3CCCCC3)n2-c2cc(Cl)ccc2C)c1. The Bertz CT molecular complexity index is 1130. The monoisotopic (exact) mass is 499 g/mol. The second kappa shape index (κ2) is 11.6. The van der Waals surface area contributed by atoms with E-state index in [0.29, 0.717) is 16.6 Å². The highest BCUT2D eigenvalue weighted by Crippen LogP contribution is 2.29. The zero-order valence-electron chi connectivity index (χ0n) is 19.5. The van der Waals surface area contributed by atoms with Gasteiger partial charge in [0.05, 0.1) is 19.3 Å². The van der Waals surface area contributed by atoms with E-state index in [1.807, 2.05) is 47.9 Å². The molecule has 1 aromatic heterocycles. The predicted molar refractivity (Wildman–Crippen MR) is 136 cm³/mol. The van der Waals surface area contributed by atoms with Gasteiger partial charge in [0.2, 0.25) is 0 Å². The second-order valence-corrected chi connectivity index (χ2v) is 9.85. The molecule has 0 aliphatic heterocycles. The van der Waals surface area contributed by atoms with Gasteiger partial charge in [-0.15, -0.1) is 10.2 Å². The number of hydrogen-bond acceptors (Lipinski definition) is 5. The Morgan fingerprint density at radius 1 is 1.18 bits per heavy atom. The summed E-state index contributed by atoms with van der Waals surface area (Å²) in [5.74, 6) is 2.17. The second-order valence-electron chi connectivity index (χ2n) is 8.47. The Morgan fingerprint density at radius 3 is 2.79 bits per heavy atom. The van der Waals surface area contributed by atoms with Crippen LogP contribution in [0.4, 0.5) is 4.79 Å². The molecule has 0 saturated heterocycles. The van der Waals surface area contributed by atoms with Crippen LogP contribution in [0.5, 0.6) is 5.75 Å². The van der Waals surface area contributed by atoms with Crippen LogP contribution in [-0.4, -0.2) is 33.9 Å². The molecule has 0 radical (unpaired) electrons. The molecule has 2 N–H and O–H groups in total. The van der Waals surface area contributed by atoms with Crippen LogP contribution in [0.1, 0.15) is 49.1 Å². The fraction of sp³-hybridized carbons (Fsp3) is 0.400. The number of carbonyl (C=O) groups excluding carboxylic acids is 1. The molecular formula is C25H30ClN5O2S. The highest BCUT2D eigenvalue weighted by atomic mass is 35.5. The largest absolute Gasteiger partial charge is 0.497 e. The van der Waals surface area contributed by atoms with Gasteiger partial charge in [-0.05, 0) is 55.2 Å². The number of rotatable bonds is 8. The minimum absolute atomic E-state index is 0.171. The number of carbonyl (C=O) groups is 1. The van der Waals surface area contributed by atoms with Crippen LogP contribution in [0.2, 0.25) is 5.02 Å². The summed E-state index contributed by atoms with van der Waals surface area (Å²) < 4.78 is 7.32. The topological polar surface area (TPSA) is 81.1 Å². The van der Waals surface area contributed by atoms with Gasteiger partial charge in [-0.25, -0.2) is 4.79 Å². The first-order chi connectivity index (χ1) is 16.5. The number of benzene rings is 2. The van der Waals surface area contributed by atoms with Crippen LogP contribution < -0.4 is 15.4 Å². The van der Waals surface area contributed by atoms with Gasteiger partial charge in [0.1, 0.15) is 5.75 Å². The van der Waals surface area contributed by atoms with E-state index < -0.39 is 0 Å². The normalized spacial score (nSPS) is 14.1. The molecule has 9 heteroatoms. The van der Waals surface area contributed by atoms with Gasteiger partial charge in [-0.1, -0.05) is 60.8 Å². The summed E-state index contributed by atoms with van der Waals surface area (Å²) in [5, 5.41) is 16.3. The maximum atomic E-state index is 12.5. The number of amides is 2. The summed E-state index contributed by atoms with van der Waals surface area (Å²) in [6, 6.07) is 13.8. The number of hydrogen-bond donors (Lipinski definition) is 2. The quantitative estimate of drug-likeness (QED) is 0.391. The number of urea groups is 1. The van der Waals surface area contributed by atoms with Crippen LogP contribution in [0.25, 0.3) is 5.69 Å². The number of aromatic nitrogens is 3. The minimum atomic E-state index is -0.171. The molecule has 34 heavy (non-hydrogen) atoms. The van der Waals surface area contributed by atoms with Crippen molar-refractivity contribution in [1.82, 2.24) is 25.4 Å². The van der Waals surface area contributed by atoms with Crippen molar-refractivity contribution in [3.05, 3.63) is 64.4 Å². The molecule has 0 unspecified atom stereocenters. The summed E-state index contributed by atoms with van der Waals surface area (Å²) in [6.45, 7) is 2.28. The zero-order chi connectivity index (χ0) is 23.9. The van der Waals surface area contributed by atoms with Crippen molar-refractivity contribution in [2.45, 2.75) is 62.5 Å². The molecule has 4 rings (SSSR count). The first-order valence-electron chi connectivity index (χ1n) is 11.5. The van der Waals surface area contributed by atoms with Gasteiger partial charge in [-0.2, -0.15) is 0 Å². The van der Waals surface area contributed by atoms with Crippen LogP contribution in [0, 0.1) is 6.92 Å². The number of nitrogens with one attached hydrogen (secondary N) is 2. The van der Waals surface area contributed by atoms with Crippen molar-refractivity contribution >= 4 is 29.4 Å². The lowest BCUT2D eigenvalue weighted by Gasteiger charge is -2.22. The van der Waals surface area contributed by atoms with Crippen molar-refractivity contribution in [2.75, 3.05) is 7.11 Å². The molecule has 1 aliphatic carbocycles. The van der Waals surface area contributed by atoms with Gasteiger partial charge in [-0.3, -0.25) is 4.57 Å². The number of aryl methyl sites for hydroxylation is 1. The Balaban J connectivity index is 1.53. The van der Waals surface area contributed by atoms with Crippen molar-refractivity contribution in [3.63, 3.8) is 0 Å². The van der Waals surface area contributed by atoms with Gasteiger partial charge < -0.3 is 15.4 Å². The van der Waals surface area contributed by atoms with E-state index in [9.17, 15) is 4.79 Å². The lowest BCUT2D eigenvalue weighted by molar-refractivity contribution is 0.232. The lowest BCUT2D eigenvalue weighted by Crippen LogP contribution is -2.42. The highest BCUT2D eigenvalue weighted by Gasteiger charge is 2.19. The fourth-order valence-corrected chi connectivity index (χ4v) is 5.20. The fourth-order valence-electron chi connectivity index (χ4n) is 4.13. The van der Waals surface area contributed by atoms with Crippen LogP contribution in [0.15, 0.2) is 47.6 Å². The number of halogens is 1. The number of nitrogens with zero attached hydrogens (tertiary/aromatic N) is 3. The van der Waals surface area contributed by atoms with E-state index in [-0.39, 0.29) is 18.6 Å². The van der Waals surface area contributed by atoms with Gasteiger partial charge >= 0.3 is 6.03 Å². The van der Waals surface area contributed by atoms with Gasteiger partial charge in [0, 0.05) is 16.8 Å². The van der Waals surface area contributed by atoms with E-state index in [1.54, 1.807) is 18.9 Å². The molecule has 2 amide bonds. The molecule has 0 atom stereocenters. The van der Waals surface area contributed by atoms with E-state index in [0.717, 1.165) is 40.6 Å². The smallest absolute Gasteiger partial charge is 0.315 e. The van der Waals surface area contributed by atoms with Crippen LogP contribution in [0.3, 0.4) is 0 Å². The highest BCUT2D eigenvalue weighted by molar-refractivity contribution is 7.98. The number of methoxy groups -OCH3 is 1. The lowest BCUT2D eigenvalue weighted by atomic mass is 9.96. The summed E-state index contributed by atoms with van der Waals surface area (Å²) in [4.78, 5) is 12.5. The van der Waals surface area contributed by atoms with Crippen LogP contribution >= 0.6 is 23.4 Å². The molecule has 1 heterocycles. The Hall–Kier alpha value is -2.71. The van der Waals surface area contributed by atoms with E-state index in [2.05, 4.69) is 26.9 Å². The third-order valence-electron chi connectivity index (χ3n) is 5.96. The maximum Gasteiger partial charge on any atom is 0.315 e. The van der Waals surface area contributed by atoms with E-state index >= 15 is 0 Å². The number of thioether (sulfide) groups is 1. The standard InChI is InChI=1S/C25H30ClN5O2S/c1-17-11-12-19(26)14-22(17)31-23(15-27-24(32)28-20-8-4-3-5-9-20)29-30-25(31)34-16-18-7-6-10-21(13-18)33-2/h6-7,10-14,20H,3-5,8-9,15-16H2,1-2H3,(H2,27,28,32). The number of ether oxygens (including phenoxy) is 1. The maximum absolute atomic E-state index is 12.5. The van der Waals surface area contributed by atoms with Crippen LogP contribution in [-0.2, 0) is 12.3 Å². The molecule has 0 spiro atoms. The zero-order valence-corrected chi connectivity index (χ0v) is 21.1. The summed E-state index contributed by atoms with van der Waals surface area (Å²) in [7, 11) is 1.66. The van der Waals surface area contributed by atoms with Crippen molar-refractivity contribution in [2.24, 2.45) is 0 Å². The van der Waals surface area contributed by atoms with Crippen molar-refractivity contribution < 1.29 is 9.53 Å². The van der Waals surface area contributed by atoms with E-state index in [1.165, 1.54) is 19.3 Å². The average Bonchev–Trinajstić information content (AvgIpc) is 3.26.